The van der Waals surface area contributed by atoms with Gasteiger partial charge < -0.3 is 14.6 Å². The molecule has 100 valence electrons. The van der Waals surface area contributed by atoms with Crippen LogP contribution in [0.5, 0.6) is 11.5 Å². The van der Waals surface area contributed by atoms with Crippen LogP contribution in [-0.2, 0) is 21.7 Å². The van der Waals surface area contributed by atoms with E-state index in [1.807, 2.05) is 0 Å². The van der Waals surface area contributed by atoms with Crippen molar-refractivity contribution in [3.05, 3.63) is 60.2 Å². The van der Waals surface area contributed by atoms with Gasteiger partial charge in [-0.25, -0.2) is 9.59 Å². The minimum atomic E-state index is -1.49. The average molecular weight is 306 g/mol. The number of ether oxygens (including phenoxy) is 2. The van der Waals surface area contributed by atoms with E-state index in [9.17, 15) is 9.59 Å². The predicted octanol–water partition coefficient (Wildman–Crippen LogP) is 2.96. The SMILES string of the molecule is O=C(O)Oc1ccccc1C(=O)Oc1ccccc1.[Ti]. The molecule has 0 unspecified atom stereocenters. The molecule has 0 saturated carbocycles. The number of rotatable bonds is 3. The number of hydrogen-bond acceptors (Lipinski definition) is 4. The molecule has 0 aliphatic rings. The number of carbonyl (C=O) groups is 2. The molecule has 0 spiro atoms. The maximum absolute atomic E-state index is 11.9. The van der Waals surface area contributed by atoms with Crippen molar-refractivity contribution in [2.75, 3.05) is 0 Å². The fraction of sp³-hybridized carbons (Fsp3) is 0. The Morgan fingerprint density at radius 1 is 0.850 bits per heavy atom. The Morgan fingerprint density at radius 3 is 2.10 bits per heavy atom. The first-order valence-electron chi connectivity index (χ1n) is 5.44. The Bertz CT molecular complexity index is 598. The largest absolute Gasteiger partial charge is 0.511 e. The predicted molar refractivity (Wildman–Crippen MR) is 66.5 cm³/mol. The van der Waals surface area contributed by atoms with Gasteiger partial charge in [-0.1, -0.05) is 30.3 Å². The third-order valence-corrected chi connectivity index (χ3v) is 2.26. The van der Waals surface area contributed by atoms with Gasteiger partial charge in [-0.2, -0.15) is 0 Å². The van der Waals surface area contributed by atoms with Crippen LogP contribution in [0.3, 0.4) is 0 Å². The summed E-state index contributed by atoms with van der Waals surface area (Å²) in [5, 5.41) is 8.59. The third-order valence-electron chi connectivity index (χ3n) is 2.26. The number of esters is 1. The topological polar surface area (TPSA) is 72.8 Å². The van der Waals surface area contributed by atoms with Crippen molar-refractivity contribution in [2.24, 2.45) is 0 Å². The summed E-state index contributed by atoms with van der Waals surface area (Å²) in [4.78, 5) is 22.4. The van der Waals surface area contributed by atoms with Crippen molar-refractivity contribution < 1.29 is 45.9 Å². The molecular formula is C14H10O5Ti. The van der Waals surface area contributed by atoms with Crippen LogP contribution in [0.25, 0.3) is 0 Å². The van der Waals surface area contributed by atoms with Gasteiger partial charge in [0.2, 0.25) is 0 Å². The Kier molecular flexibility index (Phi) is 5.96. The number of carbonyl (C=O) groups excluding carboxylic acids is 1. The third kappa shape index (κ3) is 4.22. The van der Waals surface area contributed by atoms with Crippen LogP contribution >= 0.6 is 0 Å². The van der Waals surface area contributed by atoms with Crippen molar-refractivity contribution >= 4 is 12.1 Å². The van der Waals surface area contributed by atoms with Gasteiger partial charge in [0, 0.05) is 21.7 Å². The minimum absolute atomic E-state index is 0. The molecule has 0 atom stereocenters. The van der Waals surface area contributed by atoms with E-state index >= 15 is 0 Å². The zero-order valence-electron chi connectivity index (χ0n) is 10.3. The zero-order valence-corrected chi connectivity index (χ0v) is 11.8. The van der Waals surface area contributed by atoms with E-state index in [0.29, 0.717) is 5.75 Å². The van der Waals surface area contributed by atoms with E-state index in [-0.39, 0.29) is 33.0 Å². The van der Waals surface area contributed by atoms with Gasteiger partial charge in [-0.3, -0.25) is 0 Å². The van der Waals surface area contributed by atoms with Crippen LogP contribution in [0, 0.1) is 0 Å². The summed E-state index contributed by atoms with van der Waals surface area (Å²) in [6.07, 6.45) is -1.49. The van der Waals surface area contributed by atoms with Crippen molar-refractivity contribution in [2.45, 2.75) is 0 Å². The molecule has 0 aliphatic heterocycles. The van der Waals surface area contributed by atoms with Crippen molar-refractivity contribution in [3.8, 4) is 11.5 Å². The van der Waals surface area contributed by atoms with E-state index in [0.717, 1.165) is 0 Å². The summed E-state index contributed by atoms with van der Waals surface area (Å²) in [6.45, 7) is 0. The van der Waals surface area contributed by atoms with Crippen LogP contribution in [0.1, 0.15) is 10.4 Å². The number of carboxylic acid groups (broad SMARTS) is 1. The molecule has 5 nitrogen and oxygen atoms in total. The van der Waals surface area contributed by atoms with Gasteiger partial charge in [-0.05, 0) is 24.3 Å². The Labute approximate surface area is 130 Å². The summed E-state index contributed by atoms with van der Waals surface area (Å²) in [7, 11) is 0. The maximum atomic E-state index is 11.9. The molecule has 0 aromatic heterocycles. The monoisotopic (exact) mass is 306 g/mol. The van der Waals surface area contributed by atoms with Crippen LogP contribution in [-0.4, -0.2) is 17.2 Å². The molecule has 0 amide bonds. The quantitative estimate of drug-likeness (QED) is 0.408. The van der Waals surface area contributed by atoms with Crippen molar-refractivity contribution in [3.63, 3.8) is 0 Å². The summed E-state index contributed by atoms with van der Waals surface area (Å²) in [5.41, 5.74) is 0.0498. The first-order chi connectivity index (χ1) is 9.16. The molecule has 2 rings (SSSR count). The molecule has 0 aliphatic carbocycles. The Morgan fingerprint density at radius 2 is 1.45 bits per heavy atom. The molecule has 1 N–H and O–H groups in total. The zero-order chi connectivity index (χ0) is 13.7. The van der Waals surface area contributed by atoms with E-state index in [1.54, 1.807) is 42.5 Å². The summed E-state index contributed by atoms with van der Waals surface area (Å²) >= 11 is 0. The van der Waals surface area contributed by atoms with Crippen LogP contribution in [0.2, 0.25) is 0 Å². The van der Waals surface area contributed by atoms with Crippen LogP contribution in [0.15, 0.2) is 54.6 Å². The molecule has 2 aromatic rings. The van der Waals surface area contributed by atoms with E-state index in [1.165, 1.54) is 12.1 Å². The first-order valence-corrected chi connectivity index (χ1v) is 5.44. The van der Waals surface area contributed by atoms with Gasteiger partial charge in [0.05, 0.1) is 0 Å². The second-order valence-electron chi connectivity index (χ2n) is 3.57. The molecule has 0 fully saturated rings. The molecular weight excluding hydrogens is 296 g/mol. The van der Waals surface area contributed by atoms with Crippen LogP contribution < -0.4 is 9.47 Å². The van der Waals surface area contributed by atoms with Gasteiger partial charge in [-0.15, -0.1) is 0 Å². The summed E-state index contributed by atoms with van der Waals surface area (Å²) < 4.78 is 9.63. The average Bonchev–Trinajstić information content (AvgIpc) is 2.39. The van der Waals surface area contributed by atoms with Crippen molar-refractivity contribution in [1.29, 1.82) is 0 Å². The molecule has 2 aromatic carbocycles. The number of hydrogen-bond donors (Lipinski definition) is 1. The standard InChI is InChI=1S/C14H10O5.Ti/c15-13(18-10-6-2-1-3-7-10)11-8-4-5-9-12(11)19-14(16)17;/h1-9H,(H,16,17);. The maximum Gasteiger partial charge on any atom is 0.511 e. The molecule has 0 bridgehead atoms. The van der Waals surface area contributed by atoms with E-state index in [2.05, 4.69) is 4.74 Å². The first kappa shape index (κ1) is 16.0. The number of para-hydroxylation sites is 2. The van der Waals surface area contributed by atoms with Gasteiger partial charge in [0.25, 0.3) is 0 Å². The summed E-state index contributed by atoms with van der Waals surface area (Å²) in [6, 6.07) is 14.5. The number of benzene rings is 2. The van der Waals surface area contributed by atoms with E-state index < -0.39 is 12.1 Å². The fourth-order valence-corrected chi connectivity index (χ4v) is 1.47. The Balaban J connectivity index is 0.00000200. The van der Waals surface area contributed by atoms with E-state index in [4.69, 9.17) is 9.84 Å². The molecule has 0 saturated heterocycles. The summed E-state index contributed by atoms with van der Waals surface area (Å²) in [5.74, 6) is -0.364. The second-order valence-corrected chi connectivity index (χ2v) is 3.57. The van der Waals surface area contributed by atoms with Crippen molar-refractivity contribution in [1.82, 2.24) is 0 Å². The smallest absolute Gasteiger partial charge is 0.449 e. The van der Waals surface area contributed by atoms with Gasteiger partial charge in [0.1, 0.15) is 17.1 Å². The van der Waals surface area contributed by atoms with Crippen LogP contribution in [0.4, 0.5) is 4.79 Å². The second kappa shape index (κ2) is 7.48. The Hall–Kier alpha value is -2.11. The molecule has 20 heavy (non-hydrogen) atoms. The molecule has 6 heteroatoms. The van der Waals surface area contributed by atoms with Gasteiger partial charge >= 0.3 is 12.1 Å². The molecule has 0 heterocycles. The molecule has 0 radical (unpaired) electrons. The normalized spacial score (nSPS) is 9.20. The fourth-order valence-electron chi connectivity index (χ4n) is 1.47. The van der Waals surface area contributed by atoms with Gasteiger partial charge in [0.15, 0.2) is 0 Å². The minimum Gasteiger partial charge on any atom is -0.449 e.